The number of carbonyl (C=O) groups excluding carboxylic acids is 1. The van der Waals surface area contributed by atoms with Gasteiger partial charge in [-0.15, -0.1) is 0 Å². The van der Waals surface area contributed by atoms with Gasteiger partial charge in [-0.2, -0.15) is 32.4 Å². The zero-order chi connectivity index (χ0) is 30.1. The Morgan fingerprint density at radius 2 is 1.67 bits per heavy atom. The Kier molecular flexibility index (Phi) is 8.16. The molecule has 2 aromatic heterocycles. The molecule has 3 N–H and O–H groups in total. The molecule has 2 aliphatic rings. The summed E-state index contributed by atoms with van der Waals surface area (Å²) in [5.41, 5.74) is 5.02. The van der Waals surface area contributed by atoms with Gasteiger partial charge in [-0.3, -0.25) is 4.79 Å². The third-order valence-electron chi connectivity index (χ3n) is 6.77. The second-order valence-corrected chi connectivity index (χ2v) is 11.7. The summed E-state index contributed by atoms with van der Waals surface area (Å²) in [6.07, 6.45) is -2.61. The predicted molar refractivity (Wildman–Crippen MR) is 148 cm³/mol. The first kappa shape index (κ1) is 29.4. The van der Waals surface area contributed by atoms with Gasteiger partial charge in [0, 0.05) is 56.7 Å². The molecule has 42 heavy (non-hydrogen) atoms. The van der Waals surface area contributed by atoms with Gasteiger partial charge >= 0.3 is 6.18 Å². The van der Waals surface area contributed by atoms with Crippen LogP contribution in [0, 0.1) is 0 Å². The van der Waals surface area contributed by atoms with Gasteiger partial charge in [0.25, 0.3) is 5.91 Å². The van der Waals surface area contributed by atoms with Gasteiger partial charge in [0.2, 0.25) is 21.9 Å². The van der Waals surface area contributed by atoms with Crippen molar-refractivity contribution in [2.45, 2.75) is 6.18 Å². The molecule has 0 atom stereocenters. The number of hydrogen-bond donors (Lipinski definition) is 2. The number of nitrogen functional groups attached to an aromatic ring is 1. The highest BCUT2D eigenvalue weighted by Crippen LogP contribution is 2.37. The topological polar surface area (TPSA) is 160 Å². The van der Waals surface area contributed by atoms with Crippen molar-refractivity contribution in [2.75, 3.05) is 74.7 Å². The summed E-state index contributed by atoms with van der Waals surface area (Å²) in [6, 6.07) is 7.14. The lowest BCUT2D eigenvalue weighted by atomic mass is 10.1. The van der Waals surface area contributed by atoms with E-state index in [4.69, 9.17) is 10.5 Å². The maximum absolute atomic E-state index is 13.9. The molecule has 0 unspecified atom stereocenters. The summed E-state index contributed by atoms with van der Waals surface area (Å²) >= 11 is 0. The molecule has 224 valence electrons. The first-order valence-corrected chi connectivity index (χ1v) is 14.8. The van der Waals surface area contributed by atoms with Crippen LogP contribution in [0.3, 0.4) is 0 Å². The summed E-state index contributed by atoms with van der Waals surface area (Å²) < 4.78 is 71.8. The number of pyridine rings is 1. The number of piperazine rings is 1. The minimum absolute atomic E-state index is 0.0117. The van der Waals surface area contributed by atoms with Gasteiger partial charge < -0.3 is 25.6 Å². The van der Waals surface area contributed by atoms with Crippen molar-refractivity contribution in [2.24, 2.45) is 0 Å². The van der Waals surface area contributed by atoms with Crippen LogP contribution in [0.4, 0.5) is 36.6 Å². The van der Waals surface area contributed by atoms with Gasteiger partial charge in [-0.1, -0.05) is 0 Å². The number of alkyl halides is 3. The molecule has 5 rings (SSSR count). The van der Waals surface area contributed by atoms with Crippen LogP contribution in [-0.4, -0.2) is 102 Å². The highest BCUT2D eigenvalue weighted by atomic mass is 32.2. The van der Waals surface area contributed by atoms with Crippen LogP contribution in [0.1, 0.15) is 15.9 Å². The fourth-order valence-electron chi connectivity index (χ4n) is 4.56. The number of nitrogens with two attached hydrogens (primary N) is 1. The van der Waals surface area contributed by atoms with Crippen molar-refractivity contribution in [3.8, 4) is 11.4 Å². The zero-order valence-corrected chi connectivity index (χ0v) is 23.3. The number of rotatable bonds is 6. The van der Waals surface area contributed by atoms with Gasteiger partial charge in [0.05, 0.1) is 30.6 Å². The molecule has 0 radical (unpaired) electrons. The summed E-state index contributed by atoms with van der Waals surface area (Å²) in [6.45, 7) is 2.65. The van der Waals surface area contributed by atoms with E-state index >= 15 is 0 Å². The Bertz CT molecular complexity index is 1560. The number of sulfonamides is 1. The number of hydrogen-bond acceptors (Lipinski definition) is 11. The monoisotopic (exact) mass is 607 g/mol. The number of nitrogens with zero attached hydrogens (tertiary/aromatic N) is 7. The number of carbonyl (C=O) groups is 1. The number of aromatic nitrogens is 4. The van der Waals surface area contributed by atoms with E-state index in [0.29, 0.717) is 37.6 Å². The maximum atomic E-state index is 13.9. The molecule has 17 heteroatoms. The van der Waals surface area contributed by atoms with Crippen LogP contribution < -0.4 is 16.0 Å². The lowest BCUT2D eigenvalue weighted by Crippen LogP contribution is -2.50. The van der Waals surface area contributed by atoms with E-state index in [9.17, 15) is 26.4 Å². The quantitative estimate of drug-likeness (QED) is 0.421. The molecule has 0 bridgehead atoms. The molecule has 13 nitrogen and oxygen atoms in total. The standard InChI is InChI=1S/C25H28F3N9O4S/c1-42(39,40)37-8-6-35(7-9-37)22(38)16-2-4-17(5-3-16)31-23-32-21(33-24(34-23)36-10-12-41-13-11-36)18-15-30-20(29)14-19(18)25(26,27)28/h2-5,14-15H,6-13H2,1H3,(H2,29,30)(H,31,32,33,34). The number of anilines is 4. The van der Waals surface area contributed by atoms with Gasteiger partial charge in [-0.25, -0.2) is 13.4 Å². The summed E-state index contributed by atoms with van der Waals surface area (Å²) in [4.78, 5) is 33.1. The van der Waals surface area contributed by atoms with Crippen molar-refractivity contribution in [3.63, 3.8) is 0 Å². The van der Waals surface area contributed by atoms with Crippen molar-refractivity contribution < 1.29 is 31.1 Å². The number of benzene rings is 1. The number of nitrogens with one attached hydrogen (secondary N) is 1. The number of halogens is 3. The Balaban J connectivity index is 1.40. The van der Waals surface area contributed by atoms with Crippen LogP contribution in [0.25, 0.3) is 11.4 Å². The minimum Gasteiger partial charge on any atom is -0.384 e. The molecule has 1 aromatic carbocycles. The van der Waals surface area contributed by atoms with Crippen molar-refractivity contribution in [1.29, 1.82) is 0 Å². The molecule has 0 aliphatic carbocycles. The average molecular weight is 608 g/mol. The first-order chi connectivity index (χ1) is 19.9. The van der Waals surface area contributed by atoms with Crippen LogP contribution in [-0.2, 0) is 20.9 Å². The molecular formula is C25H28F3N9O4S. The molecule has 2 fully saturated rings. The molecule has 4 heterocycles. The van der Waals surface area contributed by atoms with E-state index in [-0.39, 0.29) is 61.2 Å². The summed E-state index contributed by atoms with van der Waals surface area (Å²) in [5, 5.41) is 2.99. The van der Waals surface area contributed by atoms with E-state index in [0.717, 1.165) is 18.5 Å². The second kappa shape index (κ2) is 11.7. The third-order valence-corrected chi connectivity index (χ3v) is 8.07. The number of morpholine rings is 1. The van der Waals surface area contributed by atoms with Crippen molar-refractivity contribution in [3.05, 3.63) is 47.7 Å². The lowest BCUT2D eigenvalue weighted by Gasteiger charge is -2.33. The molecule has 0 saturated carbocycles. The number of ether oxygens (including phenoxy) is 1. The van der Waals surface area contributed by atoms with E-state index in [1.807, 2.05) is 0 Å². The van der Waals surface area contributed by atoms with Crippen LogP contribution in [0.5, 0.6) is 0 Å². The van der Waals surface area contributed by atoms with E-state index < -0.39 is 21.8 Å². The first-order valence-electron chi connectivity index (χ1n) is 12.9. The normalized spacial score (nSPS) is 16.9. The third kappa shape index (κ3) is 6.69. The van der Waals surface area contributed by atoms with E-state index in [1.165, 1.54) is 4.31 Å². The van der Waals surface area contributed by atoms with Crippen LogP contribution >= 0.6 is 0 Å². The fourth-order valence-corrected chi connectivity index (χ4v) is 5.39. The highest BCUT2D eigenvalue weighted by Gasteiger charge is 2.35. The minimum atomic E-state index is -4.73. The summed E-state index contributed by atoms with van der Waals surface area (Å²) in [5.74, 6) is -0.631. The zero-order valence-electron chi connectivity index (χ0n) is 22.5. The highest BCUT2D eigenvalue weighted by molar-refractivity contribution is 7.88. The van der Waals surface area contributed by atoms with Gasteiger partial charge in [0.1, 0.15) is 5.82 Å². The Morgan fingerprint density at radius 3 is 2.29 bits per heavy atom. The van der Waals surface area contributed by atoms with Gasteiger partial charge in [0.15, 0.2) is 5.82 Å². The van der Waals surface area contributed by atoms with Crippen LogP contribution in [0.2, 0.25) is 0 Å². The smallest absolute Gasteiger partial charge is 0.384 e. The summed E-state index contributed by atoms with van der Waals surface area (Å²) in [7, 11) is -3.32. The fraction of sp³-hybridized carbons (Fsp3) is 0.400. The van der Waals surface area contributed by atoms with Crippen molar-refractivity contribution >= 4 is 39.3 Å². The van der Waals surface area contributed by atoms with E-state index in [2.05, 4.69) is 25.3 Å². The van der Waals surface area contributed by atoms with Crippen molar-refractivity contribution in [1.82, 2.24) is 29.1 Å². The second-order valence-electron chi connectivity index (χ2n) is 9.69. The number of amides is 1. The molecule has 2 aliphatic heterocycles. The lowest BCUT2D eigenvalue weighted by molar-refractivity contribution is -0.137. The predicted octanol–water partition coefficient (Wildman–Crippen LogP) is 1.83. The Hall–Kier alpha value is -4.09. The average Bonchev–Trinajstić information content (AvgIpc) is 2.96. The molecule has 1 amide bonds. The molecule has 0 spiro atoms. The SMILES string of the molecule is CS(=O)(=O)N1CCN(C(=O)c2ccc(Nc3nc(-c4cnc(N)cc4C(F)(F)F)nc(N4CCOCC4)n3)cc2)CC1. The molecular weight excluding hydrogens is 579 g/mol. The maximum Gasteiger partial charge on any atom is 0.417 e. The Morgan fingerprint density at radius 1 is 1.00 bits per heavy atom. The molecule has 3 aromatic rings. The largest absolute Gasteiger partial charge is 0.417 e. The van der Waals surface area contributed by atoms with Gasteiger partial charge in [-0.05, 0) is 30.3 Å². The van der Waals surface area contributed by atoms with E-state index in [1.54, 1.807) is 34.1 Å². The Labute approximate surface area is 239 Å². The van der Waals surface area contributed by atoms with Crippen LogP contribution in [0.15, 0.2) is 36.5 Å². The molecule has 2 saturated heterocycles.